The van der Waals surface area contributed by atoms with Crippen molar-refractivity contribution in [2.75, 3.05) is 33.0 Å². The van der Waals surface area contributed by atoms with E-state index in [1.807, 2.05) is 0 Å². The van der Waals surface area contributed by atoms with Crippen LogP contribution in [0.3, 0.4) is 0 Å². The highest BCUT2D eigenvalue weighted by atomic mass is 35.5. The van der Waals surface area contributed by atoms with E-state index in [1.54, 1.807) is 38.4 Å². The summed E-state index contributed by atoms with van der Waals surface area (Å²) in [5, 5.41) is 3.01. The molecule has 0 aromatic heterocycles. The zero-order valence-corrected chi connectivity index (χ0v) is 16.7. The maximum atomic E-state index is 12.5. The van der Waals surface area contributed by atoms with Crippen LogP contribution < -0.4 is 5.32 Å². The van der Waals surface area contributed by atoms with E-state index >= 15 is 0 Å². The number of halogens is 1. The standard InChI is InChI=1S/C18H20ClN3O4S/c1-21(2)18(24)15-6-4-5-7-16(15)20-17(23)12-22(3)27(25,26)14-10-8-13(19)9-11-14/h4-11H,12H2,1-3H3,(H,20,23). The van der Waals surface area contributed by atoms with E-state index < -0.39 is 22.5 Å². The molecule has 0 heterocycles. The Bertz CT molecular complexity index is 943. The molecule has 7 nitrogen and oxygen atoms in total. The summed E-state index contributed by atoms with van der Waals surface area (Å²) in [6.45, 7) is -0.407. The number of sulfonamides is 1. The topological polar surface area (TPSA) is 86.8 Å². The predicted octanol–water partition coefficient (Wildman–Crippen LogP) is 2.30. The molecule has 0 bridgehead atoms. The minimum absolute atomic E-state index is 0.0328. The Hall–Kier alpha value is -2.42. The van der Waals surface area contributed by atoms with Gasteiger partial charge in [0, 0.05) is 26.2 Å². The predicted molar refractivity (Wildman–Crippen MR) is 104 cm³/mol. The van der Waals surface area contributed by atoms with Gasteiger partial charge in [-0.1, -0.05) is 23.7 Å². The van der Waals surface area contributed by atoms with Crippen LogP contribution in [0.5, 0.6) is 0 Å². The maximum absolute atomic E-state index is 12.5. The van der Waals surface area contributed by atoms with Crippen LogP contribution in [0, 0.1) is 0 Å². The summed E-state index contributed by atoms with van der Waals surface area (Å²) in [4.78, 5) is 26.0. The molecule has 144 valence electrons. The molecule has 2 aromatic carbocycles. The zero-order valence-electron chi connectivity index (χ0n) is 15.1. The van der Waals surface area contributed by atoms with E-state index in [-0.39, 0.29) is 10.8 Å². The van der Waals surface area contributed by atoms with E-state index in [4.69, 9.17) is 11.6 Å². The Morgan fingerprint density at radius 1 is 1.00 bits per heavy atom. The summed E-state index contributed by atoms with van der Waals surface area (Å²) >= 11 is 5.77. The number of nitrogens with zero attached hydrogens (tertiary/aromatic N) is 2. The molecule has 2 aromatic rings. The molecule has 0 aliphatic carbocycles. The zero-order chi connectivity index (χ0) is 20.2. The van der Waals surface area contributed by atoms with Crippen LogP contribution in [-0.4, -0.2) is 57.1 Å². The number of likely N-dealkylation sites (N-methyl/N-ethyl adjacent to an activating group) is 1. The maximum Gasteiger partial charge on any atom is 0.255 e. The first-order valence-electron chi connectivity index (χ1n) is 7.95. The lowest BCUT2D eigenvalue weighted by atomic mass is 10.1. The molecular formula is C18H20ClN3O4S. The minimum atomic E-state index is -3.84. The van der Waals surface area contributed by atoms with Crippen molar-refractivity contribution in [2.45, 2.75) is 4.90 Å². The Labute approximate surface area is 163 Å². The number of nitrogens with one attached hydrogen (secondary N) is 1. The summed E-state index contributed by atoms with van der Waals surface area (Å²) in [5.74, 6) is -0.831. The average molecular weight is 410 g/mol. The second-order valence-corrected chi connectivity index (χ2v) is 8.49. The third-order valence-electron chi connectivity index (χ3n) is 3.73. The van der Waals surface area contributed by atoms with E-state index in [1.165, 1.54) is 36.2 Å². The van der Waals surface area contributed by atoms with Gasteiger partial charge < -0.3 is 10.2 Å². The van der Waals surface area contributed by atoms with Crippen molar-refractivity contribution in [3.8, 4) is 0 Å². The smallest absolute Gasteiger partial charge is 0.255 e. The second kappa shape index (κ2) is 8.51. The molecule has 2 amide bonds. The number of carbonyl (C=O) groups is 2. The van der Waals surface area contributed by atoms with Crippen LogP contribution in [0.1, 0.15) is 10.4 Å². The van der Waals surface area contributed by atoms with Crippen molar-refractivity contribution in [3.05, 3.63) is 59.1 Å². The lowest BCUT2D eigenvalue weighted by Crippen LogP contribution is -2.35. The number of para-hydroxylation sites is 1. The van der Waals surface area contributed by atoms with Crippen molar-refractivity contribution < 1.29 is 18.0 Å². The number of carbonyl (C=O) groups excluding carboxylic acids is 2. The number of anilines is 1. The van der Waals surface area contributed by atoms with E-state index in [9.17, 15) is 18.0 Å². The Kier molecular flexibility index (Phi) is 6.59. The van der Waals surface area contributed by atoms with Gasteiger partial charge in [-0.2, -0.15) is 4.31 Å². The number of rotatable bonds is 6. The fourth-order valence-electron chi connectivity index (χ4n) is 2.28. The van der Waals surface area contributed by atoms with E-state index in [0.29, 0.717) is 16.3 Å². The molecule has 0 saturated carbocycles. The van der Waals surface area contributed by atoms with Crippen molar-refractivity contribution in [1.29, 1.82) is 0 Å². The molecule has 0 spiro atoms. The van der Waals surface area contributed by atoms with Gasteiger partial charge >= 0.3 is 0 Å². The van der Waals surface area contributed by atoms with Gasteiger partial charge in [-0.25, -0.2) is 8.42 Å². The number of benzene rings is 2. The number of amides is 2. The van der Waals surface area contributed by atoms with Gasteiger partial charge in [0.2, 0.25) is 15.9 Å². The monoisotopic (exact) mass is 409 g/mol. The lowest BCUT2D eigenvalue weighted by Gasteiger charge is -2.18. The molecule has 0 radical (unpaired) electrons. The molecule has 0 fully saturated rings. The number of hydrogen-bond acceptors (Lipinski definition) is 4. The van der Waals surface area contributed by atoms with Crippen molar-refractivity contribution in [3.63, 3.8) is 0 Å². The fourth-order valence-corrected chi connectivity index (χ4v) is 3.54. The molecule has 0 saturated heterocycles. The van der Waals surface area contributed by atoms with Crippen LogP contribution in [0.15, 0.2) is 53.4 Å². The molecule has 0 atom stereocenters. The Balaban J connectivity index is 2.14. The summed E-state index contributed by atoms with van der Waals surface area (Å²) in [5.41, 5.74) is 0.637. The molecule has 0 aliphatic rings. The molecule has 1 N–H and O–H groups in total. The molecular weight excluding hydrogens is 390 g/mol. The van der Waals surface area contributed by atoms with Crippen LogP contribution >= 0.6 is 11.6 Å². The fraction of sp³-hybridized carbons (Fsp3) is 0.222. The Morgan fingerprint density at radius 2 is 1.59 bits per heavy atom. The van der Waals surface area contributed by atoms with Gasteiger partial charge in [-0.3, -0.25) is 9.59 Å². The van der Waals surface area contributed by atoms with Crippen LogP contribution in [0.2, 0.25) is 5.02 Å². The van der Waals surface area contributed by atoms with Crippen LogP contribution in [0.4, 0.5) is 5.69 Å². The molecule has 27 heavy (non-hydrogen) atoms. The van der Waals surface area contributed by atoms with Gasteiger partial charge in [0.15, 0.2) is 0 Å². The summed E-state index contributed by atoms with van der Waals surface area (Å²) in [6.07, 6.45) is 0. The quantitative estimate of drug-likeness (QED) is 0.793. The number of hydrogen-bond donors (Lipinski definition) is 1. The highest BCUT2D eigenvalue weighted by Gasteiger charge is 2.23. The third-order valence-corrected chi connectivity index (χ3v) is 5.80. The van der Waals surface area contributed by atoms with Crippen molar-refractivity contribution >= 4 is 39.1 Å². The van der Waals surface area contributed by atoms with Gasteiger partial charge in [0.25, 0.3) is 5.91 Å². The van der Waals surface area contributed by atoms with Crippen molar-refractivity contribution in [1.82, 2.24) is 9.21 Å². The summed E-state index contributed by atoms with van der Waals surface area (Å²) in [7, 11) is 0.671. The van der Waals surface area contributed by atoms with Gasteiger partial charge in [0.05, 0.1) is 22.7 Å². The van der Waals surface area contributed by atoms with Crippen LogP contribution in [0.25, 0.3) is 0 Å². The largest absolute Gasteiger partial charge is 0.345 e. The molecule has 2 rings (SSSR count). The third kappa shape index (κ3) is 5.06. The molecule has 0 unspecified atom stereocenters. The summed E-state index contributed by atoms with van der Waals surface area (Å²) < 4.78 is 26.0. The second-order valence-electron chi connectivity index (χ2n) is 6.01. The lowest BCUT2D eigenvalue weighted by molar-refractivity contribution is -0.116. The minimum Gasteiger partial charge on any atom is -0.345 e. The van der Waals surface area contributed by atoms with E-state index in [0.717, 1.165) is 4.31 Å². The first-order valence-corrected chi connectivity index (χ1v) is 9.77. The van der Waals surface area contributed by atoms with Gasteiger partial charge in [-0.05, 0) is 36.4 Å². The van der Waals surface area contributed by atoms with Gasteiger partial charge in [-0.15, -0.1) is 0 Å². The highest BCUT2D eigenvalue weighted by molar-refractivity contribution is 7.89. The molecule has 0 aliphatic heterocycles. The highest BCUT2D eigenvalue weighted by Crippen LogP contribution is 2.19. The first-order chi connectivity index (χ1) is 12.6. The van der Waals surface area contributed by atoms with E-state index in [2.05, 4.69) is 5.32 Å². The normalized spacial score (nSPS) is 11.3. The summed E-state index contributed by atoms with van der Waals surface area (Å²) in [6, 6.07) is 12.2. The first kappa shape index (κ1) is 20.9. The molecule has 9 heteroatoms. The SMILES string of the molecule is CN(C)C(=O)c1ccccc1NC(=O)CN(C)S(=O)(=O)c1ccc(Cl)cc1. The Morgan fingerprint density at radius 3 is 2.19 bits per heavy atom. The average Bonchev–Trinajstić information content (AvgIpc) is 2.61. The van der Waals surface area contributed by atoms with Crippen molar-refractivity contribution in [2.24, 2.45) is 0 Å². The van der Waals surface area contributed by atoms with Crippen LogP contribution in [-0.2, 0) is 14.8 Å². The van der Waals surface area contributed by atoms with Gasteiger partial charge in [0.1, 0.15) is 0 Å².